The fraction of sp³-hybridized carbons (Fsp3) is 0.556. The second kappa shape index (κ2) is 7.81. The number of rotatable bonds is 4. The van der Waals surface area contributed by atoms with E-state index in [1.54, 1.807) is 6.92 Å². The summed E-state index contributed by atoms with van der Waals surface area (Å²) in [5.74, 6) is -0.981. The van der Waals surface area contributed by atoms with Gasteiger partial charge in [0.1, 0.15) is 0 Å². The highest BCUT2D eigenvalue weighted by atomic mass is 16.6. The van der Waals surface area contributed by atoms with E-state index in [1.807, 2.05) is 0 Å². The molecule has 0 aromatic heterocycles. The highest BCUT2D eigenvalue weighted by molar-refractivity contribution is 5.78. The van der Waals surface area contributed by atoms with E-state index in [9.17, 15) is 9.59 Å². The van der Waals surface area contributed by atoms with Crippen molar-refractivity contribution in [3.63, 3.8) is 0 Å². The van der Waals surface area contributed by atoms with Crippen LogP contribution in [0.4, 0.5) is 4.79 Å². The van der Waals surface area contributed by atoms with Gasteiger partial charge in [0.05, 0.1) is 19.3 Å². The van der Waals surface area contributed by atoms with E-state index in [0.29, 0.717) is 13.2 Å². The molecule has 1 aliphatic rings. The van der Waals surface area contributed by atoms with E-state index in [4.69, 9.17) is 9.84 Å². The summed E-state index contributed by atoms with van der Waals surface area (Å²) in [6, 6.07) is 0. The van der Waals surface area contributed by atoms with Gasteiger partial charge in [-0.1, -0.05) is 6.58 Å². The molecular weight excluding hydrogens is 202 g/mol. The molecule has 1 atom stereocenters. The van der Waals surface area contributed by atoms with E-state index in [0.717, 1.165) is 12.7 Å². The van der Waals surface area contributed by atoms with Crippen LogP contribution in [-0.4, -0.2) is 43.0 Å². The first-order chi connectivity index (χ1) is 7.10. The van der Waals surface area contributed by atoms with Crippen molar-refractivity contribution in [2.75, 3.05) is 19.8 Å². The summed E-state index contributed by atoms with van der Waals surface area (Å²) >= 11 is 0. The van der Waals surface area contributed by atoms with Crippen LogP contribution in [0.3, 0.4) is 0 Å². The SMILES string of the molecule is C=CC(=O)O.CCOC(=O)NCC1CO1. The van der Waals surface area contributed by atoms with Crippen molar-refractivity contribution in [1.82, 2.24) is 5.32 Å². The number of carbonyl (C=O) groups is 2. The minimum atomic E-state index is -0.981. The molecule has 0 spiro atoms. The summed E-state index contributed by atoms with van der Waals surface area (Å²) in [4.78, 5) is 19.8. The molecule has 0 aromatic rings. The molecule has 1 saturated heterocycles. The Kier molecular flexibility index (Phi) is 7.00. The number of carboxylic acid groups (broad SMARTS) is 1. The monoisotopic (exact) mass is 217 g/mol. The maximum atomic E-state index is 10.6. The zero-order chi connectivity index (χ0) is 11.7. The van der Waals surface area contributed by atoms with Gasteiger partial charge in [0.2, 0.25) is 0 Å². The summed E-state index contributed by atoms with van der Waals surface area (Å²) < 4.78 is 9.48. The lowest BCUT2D eigenvalue weighted by atomic mass is 10.5. The van der Waals surface area contributed by atoms with E-state index in [-0.39, 0.29) is 12.2 Å². The third-order valence-corrected chi connectivity index (χ3v) is 1.33. The fourth-order valence-electron chi connectivity index (χ4n) is 0.565. The molecule has 15 heavy (non-hydrogen) atoms. The number of aliphatic carboxylic acids is 1. The number of epoxide rings is 1. The average Bonchev–Trinajstić information content (AvgIpc) is 3.00. The number of ether oxygens (including phenoxy) is 2. The lowest BCUT2D eigenvalue weighted by molar-refractivity contribution is -0.131. The van der Waals surface area contributed by atoms with Crippen LogP contribution in [0, 0.1) is 0 Å². The molecule has 1 unspecified atom stereocenters. The first-order valence-corrected chi connectivity index (χ1v) is 4.47. The Morgan fingerprint density at radius 2 is 2.27 bits per heavy atom. The smallest absolute Gasteiger partial charge is 0.407 e. The maximum absolute atomic E-state index is 10.6. The maximum Gasteiger partial charge on any atom is 0.407 e. The first kappa shape index (κ1) is 13.4. The molecule has 0 aromatic carbocycles. The summed E-state index contributed by atoms with van der Waals surface area (Å²) in [5.41, 5.74) is 0. The normalized spacial score (nSPS) is 16.7. The van der Waals surface area contributed by atoms with Gasteiger partial charge in [-0.2, -0.15) is 0 Å². The van der Waals surface area contributed by atoms with Crippen molar-refractivity contribution < 1.29 is 24.2 Å². The van der Waals surface area contributed by atoms with Crippen LogP contribution < -0.4 is 5.32 Å². The highest BCUT2D eigenvalue weighted by Gasteiger charge is 2.22. The largest absolute Gasteiger partial charge is 0.478 e. The number of carboxylic acids is 1. The Bertz CT molecular complexity index is 225. The van der Waals surface area contributed by atoms with Crippen LogP contribution >= 0.6 is 0 Å². The molecule has 1 heterocycles. The third-order valence-electron chi connectivity index (χ3n) is 1.33. The number of carbonyl (C=O) groups excluding carboxylic acids is 1. The molecule has 1 rings (SSSR count). The summed E-state index contributed by atoms with van der Waals surface area (Å²) in [6.45, 7) is 6.47. The second-order valence-corrected chi connectivity index (χ2v) is 2.60. The predicted octanol–water partition coefficient (Wildman–Crippen LogP) is 0.388. The van der Waals surface area contributed by atoms with Gasteiger partial charge in [0.25, 0.3) is 0 Å². The number of amides is 1. The molecule has 1 aliphatic heterocycles. The second-order valence-electron chi connectivity index (χ2n) is 2.60. The lowest BCUT2D eigenvalue weighted by Crippen LogP contribution is -2.27. The average molecular weight is 217 g/mol. The summed E-state index contributed by atoms with van der Waals surface area (Å²) in [6.07, 6.45) is 0.697. The molecule has 6 nitrogen and oxygen atoms in total. The van der Waals surface area contributed by atoms with Crippen LogP contribution in [0.2, 0.25) is 0 Å². The van der Waals surface area contributed by atoms with Gasteiger partial charge in [-0.25, -0.2) is 9.59 Å². The third kappa shape index (κ3) is 10.4. The van der Waals surface area contributed by atoms with Crippen LogP contribution in [0.15, 0.2) is 12.7 Å². The number of alkyl carbamates (subject to hydrolysis) is 1. The standard InChI is InChI=1S/C6H11NO3.C3H4O2/c1-2-9-6(8)7-3-5-4-10-5;1-2-3(4)5/h5H,2-4H2,1H3,(H,7,8);2H,1H2,(H,4,5). The molecule has 6 heteroatoms. The van der Waals surface area contributed by atoms with E-state index >= 15 is 0 Å². The van der Waals surface area contributed by atoms with Crippen molar-refractivity contribution >= 4 is 12.1 Å². The highest BCUT2D eigenvalue weighted by Crippen LogP contribution is 2.05. The zero-order valence-corrected chi connectivity index (χ0v) is 8.56. The lowest BCUT2D eigenvalue weighted by Gasteiger charge is -2.01. The molecule has 0 bridgehead atoms. The van der Waals surface area contributed by atoms with Crippen molar-refractivity contribution in [3.05, 3.63) is 12.7 Å². The number of hydrogen-bond donors (Lipinski definition) is 2. The van der Waals surface area contributed by atoms with Crippen LogP contribution in [0.25, 0.3) is 0 Å². The fourth-order valence-corrected chi connectivity index (χ4v) is 0.565. The van der Waals surface area contributed by atoms with Crippen LogP contribution in [0.5, 0.6) is 0 Å². The number of hydrogen-bond acceptors (Lipinski definition) is 4. The van der Waals surface area contributed by atoms with Crippen molar-refractivity contribution in [3.8, 4) is 0 Å². The minimum absolute atomic E-state index is 0.226. The van der Waals surface area contributed by atoms with Crippen molar-refractivity contribution in [1.29, 1.82) is 0 Å². The van der Waals surface area contributed by atoms with E-state index in [2.05, 4.69) is 16.6 Å². The Morgan fingerprint density at radius 1 is 1.73 bits per heavy atom. The Hall–Kier alpha value is -1.56. The van der Waals surface area contributed by atoms with E-state index in [1.165, 1.54) is 0 Å². The van der Waals surface area contributed by atoms with Crippen molar-refractivity contribution in [2.45, 2.75) is 13.0 Å². The Morgan fingerprint density at radius 3 is 2.60 bits per heavy atom. The van der Waals surface area contributed by atoms with Crippen LogP contribution in [0.1, 0.15) is 6.92 Å². The molecule has 1 amide bonds. The van der Waals surface area contributed by atoms with Gasteiger partial charge in [0.15, 0.2) is 0 Å². The quantitative estimate of drug-likeness (QED) is 0.525. The zero-order valence-electron chi connectivity index (χ0n) is 8.56. The van der Waals surface area contributed by atoms with Gasteiger partial charge in [0, 0.05) is 12.6 Å². The summed E-state index contributed by atoms with van der Waals surface area (Å²) in [5, 5.41) is 10.2. The molecule has 86 valence electrons. The van der Waals surface area contributed by atoms with E-state index < -0.39 is 5.97 Å². The minimum Gasteiger partial charge on any atom is -0.478 e. The topological polar surface area (TPSA) is 88.2 Å². The first-order valence-electron chi connectivity index (χ1n) is 4.47. The van der Waals surface area contributed by atoms with Gasteiger partial charge < -0.3 is 19.9 Å². The van der Waals surface area contributed by atoms with Gasteiger partial charge in [-0.3, -0.25) is 0 Å². The molecule has 1 fully saturated rings. The number of nitrogens with one attached hydrogen (secondary N) is 1. The summed E-state index contributed by atoms with van der Waals surface area (Å²) in [7, 11) is 0. The van der Waals surface area contributed by atoms with Gasteiger partial charge in [-0.05, 0) is 6.92 Å². The van der Waals surface area contributed by atoms with Gasteiger partial charge in [-0.15, -0.1) is 0 Å². The molecule has 0 radical (unpaired) electrons. The predicted molar refractivity (Wildman–Crippen MR) is 52.6 cm³/mol. The Balaban J connectivity index is 0.000000336. The molecule has 0 aliphatic carbocycles. The van der Waals surface area contributed by atoms with Crippen molar-refractivity contribution in [2.24, 2.45) is 0 Å². The molecule has 2 N–H and O–H groups in total. The van der Waals surface area contributed by atoms with Gasteiger partial charge >= 0.3 is 12.1 Å². The molecular formula is C9H15NO5. The Labute approximate surface area is 87.9 Å². The van der Waals surface area contributed by atoms with Crippen LogP contribution in [-0.2, 0) is 14.3 Å². The molecule has 0 saturated carbocycles.